The molecule has 1 fully saturated rings. The van der Waals surface area contributed by atoms with Gasteiger partial charge in [-0.3, -0.25) is 10.1 Å². The second-order valence-electron chi connectivity index (χ2n) is 5.23. The van der Waals surface area contributed by atoms with Crippen LogP contribution >= 0.6 is 0 Å². The highest BCUT2D eigenvalue weighted by molar-refractivity contribution is 5.58. The first-order valence-electron chi connectivity index (χ1n) is 6.95. The molecule has 0 bridgehead atoms. The van der Waals surface area contributed by atoms with Gasteiger partial charge in [-0.2, -0.15) is 5.26 Å². The molecule has 106 valence electrons. The SMILES string of the molecule is CCC1CCC(Nc2ncc(C#N)cc2[N+](=O)[O-])CC1. The molecule has 1 N–H and O–H groups in total. The van der Waals surface area contributed by atoms with E-state index in [9.17, 15) is 10.1 Å². The second-order valence-corrected chi connectivity index (χ2v) is 5.23. The van der Waals surface area contributed by atoms with Crippen LogP contribution in [-0.4, -0.2) is 15.9 Å². The Morgan fingerprint density at radius 2 is 2.20 bits per heavy atom. The van der Waals surface area contributed by atoms with Crippen LogP contribution in [0.2, 0.25) is 0 Å². The summed E-state index contributed by atoms with van der Waals surface area (Å²) in [5.41, 5.74) is 0.0820. The van der Waals surface area contributed by atoms with Crippen molar-refractivity contribution in [2.75, 3.05) is 5.32 Å². The van der Waals surface area contributed by atoms with Crippen molar-refractivity contribution in [3.63, 3.8) is 0 Å². The predicted molar refractivity (Wildman–Crippen MR) is 75.3 cm³/mol. The van der Waals surface area contributed by atoms with E-state index in [4.69, 9.17) is 5.26 Å². The summed E-state index contributed by atoms with van der Waals surface area (Å²) in [6.07, 6.45) is 6.89. The van der Waals surface area contributed by atoms with Crippen LogP contribution in [0, 0.1) is 27.4 Å². The lowest BCUT2D eigenvalue weighted by molar-refractivity contribution is -0.384. The van der Waals surface area contributed by atoms with Gasteiger partial charge in [-0.25, -0.2) is 4.98 Å². The third-order valence-corrected chi connectivity index (χ3v) is 3.96. The number of pyridine rings is 1. The summed E-state index contributed by atoms with van der Waals surface area (Å²) in [4.78, 5) is 14.6. The molecule has 6 nitrogen and oxygen atoms in total. The molecular weight excluding hydrogens is 256 g/mol. The molecule has 0 saturated heterocycles. The Balaban J connectivity index is 2.10. The van der Waals surface area contributed by atoms with Crippen LogP contribution in [0.1, 0.15) is 44.6 Å². The molecule has 20 heavy (non-hydrogen) atoms. The lowest BCUT2D eigenvalue weighted by atomic mass is 9.84. The Morgan fingerprint density at radius 1 is 1.50 bits per heavy atom. The van der Waals surface area contributed by atoms with Gasteiger partial charge in [-0.15, -0.1) is 0 Å². The van der Waals surface area contributed by atoms with Crippen LogP contribution in [0.5, 0.6) is 0 Å². The van der Waals surface area contributed by atoms with Crippen molar-refractivity contribution in [1.29, 1.82) is 5.26 Å². The second kappa shape index (κ2) is 6.33. The molecule has 0 spiro atoms. The average Bonchev–Trinajstić information content (AvgIpc) is 2.48. The zero-order valence-electron chi connectivity index (χ0n) is 11.5. The van der Waals surface area contributed by atoms with Crippen molar-refractivity contribution in [3.8, 4) is 6.07 Å². The summed E-state index contributed by atoms with van der Waals surface area (Å²) >= 11 is 0. The first-order chi connectivity index (χ1) is 9.63. The van der Waals surface area contributed by atoms with Gasteiger partial charge in [0.05, 0.1) is 10.5 Å². The van der Waals surface area contributed by atoms with E-state index >= 15 is 0 Å². The molecule has 1 aromatic heterocycles. The molecule has 1 aromatic rings. The van der Waals surface area contributed by atoms with Crippen LogP contribution in [0.15, 0.2) is 12.3 Å². The van der Waals surface area contributed by atoms with E-state index in [1.165, 1.54) is 18.7 Å². The molecule has 0 aromatic carbocycles. The van der Waals surface area contributed by atoms with Crippen molar-refractivity contribution in [3.05, 3.63) is 27.9 Å². The summed E-state index contributed by atoms with van der Waals surface area (Å²) in [6, 6.07) is 3.38. The monoisotopic (exact) mass is 274 g/mol. The Morgan fingerprint density at radius 3 is 2.75 bits per heavy atom. The number of nitrogens with zero attached hydrogens (tertiary/aromatic N) is 3. The highest BCUT2D eigenvalue weighted by Crippen LogP contribution is 2.30. The molecule has 1 aliphatic carbocycles. The lowest BCUT2D eigenvalue weighted by Crippen LogP contribution is -2.26. The molecule has 0 unspecified atom stereocenters. The molecule has 0 aliphatic heterocycles. The van der Waals surface area contributed by atoms with Gasteiger partial charge in [0.25, 0.3) is 0 Å². The Kier molecular flexibility index (Phi) is 4.51. The number of aromatic nitrogens is 1. The van der Waals surface area contributed by atoms with Gasteiger partial charge in [-0.05, 0) is 31.6 Å². The number of anilines is 1. The van der Waals surface area contributed by atoms with E-state index < -0.39 is 4.92 Å². The number of nitrogens with one attached hydrogen (secondary N) is 1. The van der Waals surface area contributed by atoms with Crippen molar-refractivity contribution in [2.45, 2.75) is 45.1 Å². The van der Waals surface area contributed by atoms with E-state index in [0.717, 1.165) is 31.6 Å². The molecule has 1 saturated carbocycles. The summed E-state index contributed by atoms with van der Waals surface area (Å²) < 4.78 is 0. The van der Waals surface area contributed by atoms with Gasteiger partial charge in [0.2, 0.25) is 5.82 Å². The van der Waals surface area contributed by atoms with Crippen molar-refractivity contribution < 1.29 is 4.92 Å². The fourth-order valence-corrected chi connectivity index (χ4v) is 2.67. The molecule has 1 heterocycles. The van der Waals surface area contributed by atoms with Crippen molar-refractivity contribution >= 4 is 11.5 Å². The zero-order valence-corrected chi connectivity index (χ0v) is 11.5. The molecule has 1 aliphatic rings. The van der Waals surface area contributed by atoms with Gasteiger partial charge in [0, 0.05) is 18.3 Å². The molecule has 0 atom stereocenters. The number of rotatable bonds is 4. The maximum absolute atomic E-state index is 11.0. The predicted octanol–water partition coefficient (Wildman–Crippen LogP) is 3.24. The maximum atomic E-state index is 11.0. The molecule has 2 rings (SSSR count). The lowest BCUT2D eigenvalue weighted by Gasteiger charge is -2.28. The summed E-state index contributed by atoms with van der Waals surface area (Å²) in [7, 11) is 0. The smallest absolute Gasteiger partial charge is 0.312 e. The third-order valence-electron chi connectivity index (χ3n) is 3.96. The number of nitro groups is 1. The highest BCUT2D eigenvalue weighted by Gasteiger charge is 2.23. The van der Waals surface area contributed by atoms with Gasteiger partial charge in [0.15, 0.2) is 0 Å². The fraction of sp³-hybridized carbons (Fsp3) is 0.571. The first-order valence-corrected chi connectivity index (χ1v) is 6.95. The first kappa shape index (κ1) is 14.3. The van der Waals surface area contributed by atoms with Crippen LogP contribution in [0.25, 0.3) is 0 Å². The summed E-state index contributed by atoms with van der Waals surface area (Å²) in [5, 5.41) is 23.0. The van der Waals surface area contributed by atoms with Crippen LogP contribution in [-0.2, 0) is 0 Å². The largest absolute Gasteiger partial charge is 0.362 e. The Labute approximate surface area is 118 Å². The zero-order chi connectivity index (χ0) is 14.5. The quantitative estimate of drug-likeness (QED) is 0.672. The van der Waals surface area contributed by atoms with Gasteiger partial charge in [0.1, 0.15) is 6.07 Å². The number of hydrogen-bond donors (Lipinski definition) is 1. The molecule has 0 radical (unpaired) electrons. The molecule has 6 heteroatoms. The summed E-state index contributed by atoms with van der Waals surface area (Å²) in [5.74, 6) is 1.05. The Hall–Kier alpha value is -2.16. The maximum Gasteiger partial charge on any atom is 0.312 e. The van der Waals surface area contributed by atoms with Gasteiger partial charge < -0.3 is 5.32 Å². The van der Waals surface area contributed by atoms with Gasteiger partial charge >= 0.3 is 5.69 Å². The summed E-state index contributed by atoms with van der Waals surface area (Å²) in [6.45, 7) is 2.20. The highest BCUT2D eigenvalue weighted by atomic mass is 16.6. The minimum absolute atomic E-state index is 0.123. The normalized spacial score (nSPS) is 22.0. The van der Waals surface area contributed by atoms with Crippen LogP contribution in [0.4, 0.5) is 11.5 Å². The standard InChI is InChI=1S/C14H18N4O2/c1-2-10-3-5-12(6-4-10)17-14-13(18(19)20)7-11(8-15)9-16-14/h7,9-10,12H,2-6H2,1H3,(H,16,17). The van der Waals surface area contributed by atoms with E-state index in [2.05, 4.69) is 17.2 Å². The van der Waals surface area contributed by atoms with Crippen LogP contribution in [0.3, 0.4) is 0 Å². The van der Waals surface area contributed by atoms with E-state index in [1.807, 2.05) is 6.07 Å². The average molecular weight is 274 g/mol. The topological polar surface area (TPSA) is 91.8 Å². The number of nitriles is 1. The van der Waals surface area contributed by atoms with E-state index in [1.54, 1.807) is 0 Å². The third kappa shape index (κ3) is 3.23. The van der Waals surface area contributed by atoms with Gasteiger partial charge in [-0.1, -0.05) is 13.3 Å². The Bertz CT molecular complexity index is 530. The fourth-order valence-electron chi connectivity index (χ4n) is 2.67. The minimum atomic E-state index is -0.492. The van der Waals surface area contributed by atoms with E-state index in [0.29, 0.717) is 0 Å². The minimum Gasteiger partial charge on any atom is -0.362 e. The molecule has 0 amide bonds. The molecular formula is C14H18N4O2. The number of hydrogen-bond acceptors (Lipinski definition) is 5. The van der Waals surface area contributed by atoms with Crippen molar-refractivity contribution in [1.82, 2.24) is 4.98 Å². The van der Waals surface area contributed by atoms with Crippen LogP contribution < -0.4 is 5.32 Å². The van der Waals surface area contributed by atoms with Crippen molar-refractivity contribution in [2.24, 2.45) is 5.92 Å². The van der Waals surface area contributed by atoms with E-state index in [-0.39, 0.29) is 23.1 Å².